The number of nitrogens with zero attached hydrogens (tertiary/aromatic N) is 1. The lowest BCUT2D eigenvalue weighted by Gasteiger charge is -2.31. The van der Waals surface area contributed by atoms with Gasteiger partial charge in [-0.15, -0.1) is 0 Å². The Bertz CT molecular complexity index is 784. The summed E-state index contributed by atoms with van der Waals surface area (Å²) >= 11 is 6.09. The summed E-state index contributed by atoms with van der Waals surface area (Å²) in [6.45, 7) is 1.83. The van der Waals surface area contributed by atoms with E-state index >= 15 is 0 Å². The fourth-order valence-electron chi connectivity index (χ4n) is 3.51. The van der Waals surface area contributed by atoms with Crippen molar-refractivity contribution < 1.29 is 17.9 Å². The Kier molecular flexibility index (Phi) is 3.64. The Hall–Kier alpha value is -1.88. The summed E-state index contributed by atoms with van der Waals surface area (Å²) < 4.78 is 46.9. The van der Waals surface area contributed by atoms with Gasteiger partial charge >= 0.3 is 6.18 Å². The van der Waals surface area contributed by atoms with Crippen molar-refractivity contribution in [1.82, 2.24) is 0 Å². The minimum absolute atomic E-state index is 0.0661. The van der Waals surface area contributed by atoms with Crippen molar-refractivity contribution in [2.24, 2.45) is 0 Å². The molecule has 0 aliphatic carbocycles. The van der Waals surface area contributed by atoms with Crippen LogP contribution in [0.4, 0.5) is 18.9 Å². The minimum Gasteiger partial charge on any atom is -0.455 e. The van der Waals surface area contributed by atoms with Crippen LogP contribution in [0, 0.1) is 0 Å². The molecular formula is C18H15ClF3NO. The summed E-state index contributed by atoms with van der Waals surface area (Å²) in [5, 5.41) is 0.193. The molecule has 0 amide bonds. The van der Waals surface area contributed by atoms with Crippen LogP contribution in [-0.4, -0.2) is 19.3 Å². The van der Waals surface area contributed by atoms with E-state index in [2.05, 4.69) is 4.90 Å². The summed E-state index contributed by atoms with van der Waals surface area (Å²) in [6, 6.07) is 9.48. The molecule has 0 bridgehead atoms. The first-order valence-electron chi connectivity index (χ1n) is 7.87. The molecule has 2 heterocycles. The third kappa shape index (κ3) is 2.51. The lowest BCUT2D eigenvalue weighted by atomic mass is 9.87. The molecule has 0 spiro atoms. The van der Waals surface area contributed by atoms with Gasteiger partial charge in [0.15, 0.2) is 0 Å². The van der Waals surface area contributed by atoms with E-state index in [9.17, 15) is 13.2 Å². The van der Waals surface area contributed by atoms with E-state index in [0.717, 1.165) is 31.6 Å². The summed E-state index contributed by atoms with van der Waals surface area (Å²) in [4.78, 5) is 2.16. The Labute approximate surface area is 142 Å². The van der Waals surface area contributed by atoms with Gasteiger partial charge in [-0.2, -0.15) is 13.2 Å². The van der Waals surface area contributed by atoms with Gasteiger partial charge in [-0.25, -0.2) is 0 Å². The van der Waals surface area contributed by atoms with Crippen molar-refractivity contribution in [1.29, 1.82) is 0 Å². The smallest absolute Gasteiger partial charge is 0.399 e. The monoisotopic (exact) mass is 353 g/mol. The summed E-state index contributed by atoms with van der Waals surface area (Å²) in [7, 11) is 0. The van der Waals surface area contributed by atoms with Crippen molar-refractivity contribution in [2.45, 2.75) is 24.9 Å². The van der Waals surface area contributed by atoms with Crippen molar-refractivity contribution >= 4 is 17.3 Å². The maximum absolute atomic E-state index is 13.7. The Morgan fingerprint density at radius 2 is 1.79 bits per heavy atom. The number of rotatable bonds is 1. The summed E-state index contributed by atoms with van der Waals surface area (Å²) in [5.74, 6) is -1.38. The van der Waals surface area contributed by atoms with Crippen molar-refractivity contribution in [3.05, 3.63) is 52.5 Å². The number of para-hydroxylation sites is 1. The van der Waals surface area contributed by atoms with E-state index in [-0.39, 0.29) is 27.6 Å². The first-order chi connectivity index (χ1) is 11.4. The fourth-order valence-corrected chi connectivity index (χ4v) is 3.73. The zero-order chi connectivity index (χ0) is 16.9. The molecular weight excluding hydrogens is 339 g/mol. The maximum atomic E-state index is 13.7. The minimum atomic E-state index is -4.41. The van der Waals surface area contributed by atoms with Crippen molar-refractivity contribution in [2.75, 3.05) is 18.0 Å². The SMILES string of the molecule is FC(F)(F)C1c2ccc(N3CCCC3)cc2Oc2c(Cl)cccc21. The zero-order valence-corrected chi connectivity index (χ0v) is 13.5. The van der Waals surface area contributed by atoms with Crippen LogP contribution in [-0.2, 0) is 0 Å². The van der Waals surface area contributed by atoms with Crippen LogP contribution in [0.25, 0.3) is 0 Å². The normalized spacial score (nSPS) is 19.7. The average Bonchev–Trinajstić information content (AvgIpc) is 3.06. The van der Waals surface area contributed by atoms with Gasteiger partial charge in [-0.05, 0) is 25.0 Å². The molecule has 2 aliphatic heterocycles. The number of alkyl halides is 3. The third-order valence-corrected chi connectivity index (χ3v) is 4.92. The van der Waals surface area contributed by atoms with E-state index in [1.54, 1.807) is 18.2 Å². The molecule has 0 saturated carbocycles. The van der Waals surface area contributed by atoms with Gasteiger partial charge in [0, 0.05) is 36.0 Å². The molecule has 1 saturated heterocycles. The molecule has 24 heavy (non-hydrogen) atoms. The first-order valence-corrected chi connectivity index (χ1v) is 8.25. The van der Waals surface area contributed by atoms with Gasteiger partial charge in [0.1, 0.15) is 17.4 Å². The molecule has 2 aliphatic rings. The second-order valence-corrected chi connectivity index (χ2v) is 6.56. The van der Waals surface area contributed by atoms with Crippen LogP contribution in [0.2, 0.25) is 5.02 Å². The molecule has 6 heteroatoms. The van der Waals surface area contributed by atoms with Crippen LogP contribution in [0.1, 0.15) is 29.9 Å². The fraction of sp³-hybridized carbons (Fsp3) is 0.333. The lowest BCUT2D eigenvalue weighted by molar-refractivity contribution is -0.142. The van der Waals surface area contributed by atoms with E-state index in [1.807, 2.05) is 0 Å². The van der Waals surface area contributed by atoms with Gasteiger partial charge in [0.25, 0.3) is 0 Å². The molecule has 1 unspecified atom stereocenters. The molecule has 4 rings (SSSR count). The van der Waals surface area contributed by atoms with Gasteiger partial charge in [0.05, 0.1) is 5.02 Å². The quantitative estimate of drug-likeness (QED) is 0.648. The first kappa shape index (κ1) is 15.6. The highest BCUT2D eigenvalue weighted by molar-refractivity contribution is 6.32. The number of hydrogen-bond acceptors (Lipinski definition) is 2. The molecule has 0 radical (unpaired) electrons. The standard InChI is InChI=1S/C18H15ClF3NO/c19-14-5-3-4-13-16(18(20,21)22)12-7-6-11(23-8-1-2-9-23)10-15(12)24-17(13)14/h3-7,10,16H,1-2,8-9H2. The van der Waals surface area contributed by atoms with Crippen molar-refractivity contribution in [3.8, 4) is 11.5 Å². The van der Waals surface area contributed by atoms with Crippen LogP contribution in [0.3, 0.4) is 0 Å². The van der Waals surface area contributed by atoms with Gasteiger partial charge in [-0.1, -0.05) is 29.8 Å². The topological polar surface area (TPSA) is 12.5 Å². The zero-order valence-electron chi connectivity index (χ0n) is 12.7. The number of anilines is 1. The molecule has 2 aromatic carbocycles. The van der Waals surface area contributed by atoms with Crippen molar-refractivity contribution in [3.63, 3.8) is 0 Å². The number of hydrogen-bond donors (Lipinski definition) is 0. The van der Waals surface area contributed by atoms with E-state index in [0.29, 0.717) is 0 Å². The highest BCUT2D eigenvalue weighted by Crippen LogP contribution is 2.53. The van der Waals surface area contributed by atoms with Crippen LogP contribution in [0.5, 0.6) is 11.5 Å². The second-order valence-electron chi connectivity index (χ2n) is 6.15. The van der Waals surface area contributed by atoms with Crippen LogP contribution < -0.4 is 9.64 Å². The van der Waals surface area contributed by atoms with Gasteiger partial charge in [-0.3, -0.25) is 0 Å². The van der Waals surface area contributed by atoms with Gasteiger partial charge < -0.3 is 9.64 Å². The highest BCUT2D eigenvalue weighted by atomic mass is 35.5. The number of halogens is 4. The highest BCUT2D eigenvalue weighted by Gasteiger charge is 2.47. The molecule has 1 fully saturated rings. The van der Waals surface area contributed by atoms with E-state index in [1.165, 1.54) is 18.2 Å². The lowest BCUT2D eigenvalue weighted by Crippen LogP contribution is -2.26. The summed E-state index contributed by atoms with van der Waals surface area (Å²) in [5.41, 5.74) is 1.10. The Balaban J connectivity index is 1.85. The number of benzene rings is 2. The van der Waals surface area contributed by atoms with E-state index in [4.69, 9.17) is 16.3 Å². The number of ether oxygens (including phenoxy) is 1. The summed E-state index contributed by atoms with van der Waals surface area (Å²) in [6.07, 6.45) is -2.22. The predicted molar refractivity (Wildman–Crippen MR) is 87.3 cm³/mol. The third-order valence-electron chi connectivity index (χ3n) is 4.63. The molecule has 1 atom stereocenters. The molecule has 2 aromatic rings. The number of fused-ring (bicyclic) bond motifs is 2. The molecule has 0 N–H and O–H groups in total. The Morgan fingerprint density at radius 3 is 2.50 bits per heavy atom. The average molecular weight is 354 g/mol. The largest absolute Gasteiger partial charge is 0.455 e. The predicted octanol–water partition coefficient (Wildman–Crippen LogP) is 5.74. The van der Waals surface area contributed by atoms with Gasteiger partial charge in [0.2, 0.25) is 0 Å². The second kappa shape index (κ2) is 5.59. The molecule has 2 nitrogen and oxygen atoms in total. The van der Waals surface area contributed by atoms with E-state index < -0.39 is 12.1 Å². The van der Waals surface area contributed by atoms with Crippen LogP contribution in [0.15, 0.2) is 36.4 Å². The molecule has 0 aromatic heterocycles. The van der Waals surface area contributed by atoms with Crippen LogP contribution >= 0.6 is 11.6 Å². The maximum Gasteiger partial charge on any atom is 0.399 e. The Morgan fingerprint density at radius 1 is 1.04 bits per heavy atom. The molecule has 126 valence electrons.